The van der Waals surface area contributed by atoms with Gasteiger partial charge in [0.1, 0.15) is 6.29 Å². The van der Waals surface area contributed by atoms with Crippen molar-refractivity contribution in [2.24, 2.45) is 0 Å². The smallest absolute Gasteiger partial charge is 0.157 e. The third-order valence-electron chi connectivity index (χ3n) is 3.48. The summed E-state index contributed by atoms with van der Waals surface area (Å²) in [6.45, 7) is 0.862. The molecule has 116 valence electrons. The topological polar surface area (TPSA) is 55.4 Å². The van der Waals surface area contributed by atoms with E-state index in [2.05, 4.69) is 5.32 Å². The van der Waals surface area contributed by atoms with E-state index < -0.39 is 0 Å². The van der Waals surface area contributed by atoms with Crippen LogP contribution in [0.15, 0.2) is 54.3 Å². The van der Waals surface area contributed by atoms with E-state index in [1.165, 1.54) is 6.08 Å². The van der Waals surface area contributed by atoms with Crippen molar-refractivity contribution in [3.05, 3.63) is 59.8 Å². The highest BCUT2D eigenvalue weighted by molar-refractivity contribution is 5.91. The molecule has 1 aromatic carbocycles. The quantitative estimate of drug-likeness (QED) is 0.455. The lowest BCUT2D eigenvalue weighted by molar-refractivity contribution is -0.115. The lowest BCUT2D eigenvalue weighted by atomic mass is 10.0. The molecule has 1 aliphatic carbocycles. The van der Waals surface area contributed by atoms with E-state index in [-0.39, 0.29) is 11.8 Å². The van der Waals surface area contributed by atoms with Gasteiger partial charge in [-0.25, -0.2) is 0 Å². The monoisotopic (exact) mass is 299 g/mol. The minimum absolute atomic E-state index is 0.0111. The van der Waals surface area contributed by atoms with Crippen molar-refractivity contribution in [2.45, 2.75) is 25.3 Å². The van der Waals surface area contributed by atoms with Crippen molar-refractivity contribution >= 4 is 12.1 Å². The summed E-state index contributed by atoms with van der Waals surface area (Å²) < 4.78 is 5.60. The van der Waals surface area contributed by atoms with Gasteiger partial charge in [0.2, 0.25) is 0 Å². The van der Waals surface area contributed by atoms with E-state index >= 15 is 0 Å². The van der Waals surface area contributed by atoms with Crippen LogP contribution in [-0.2, 0) is 14.3 Å². The van der Waals surface area contributed by atoms with E-state index in [1.54, 1.807) is 12.2 Å². The minimum atomic E-state index is -0.0111. The molecule has 0 aliphatic heterocycles. The molecule has 0 unspecified atom stereocenters. The van der Waals surface area contributed by atoms with Crippen LogP contribution in [0.4, 0.5) is 0 Å². The highest BCUT2D eigenvalue weighted by Crippen LogP contribution is 2.19. The number of hydrogen-bond donors (Lipinski definition) is 1. The number of carbonyl (C=O) groups excluding carboxylic acids is 2. The lowest BCUT2D eigenvalue weighted by Crippen LogP contribution is -2.27. The predicted octanol–water partition coefficient (Wildman–Crippen LogP) is 2.73. The van der Waals surface area contributed by atoms with E-state index in [9.17, 15) is 9.59 Å². The zero-order valence-corrected chi connectivity index (χ0v) is 12.5. The molecular weight excluding hydrogens is 278 g/mol. The number of benzene rings is 1. The zero-order valence-electron chi connectivity index (χ0n) is 12.5. The van der Waals surface area contributed by atoms with Gasteiger partial charge in [-0.05, 0) is 24.5 Å². The molecule has 2 rings (SSSR count). The molecule has 4 nitrogen and oxygen atoms in total. The molecule has 4 heteroatoms. The van der Waals surface area contributed by atoms with Gasteiger partial charge < -0.3 is 10.1 Å². The Labute approximate surface area is 130 Å². The summed E-state index contributed by atoms with van der Waals surface area (Å²) in [5.74, 6) is 0.176. The Hall–Kier alpha value is -2.20. The number of rotatable bonds is 8. The fourth-order valence-corrected chi connectivity index (χ4v) is 2.40. The molecule has 1 atom stereocenters. The first-order valence-corrected chi connectivity index (χ1v) is 7.52. The number of aldehydes is 1. The highest BCUT2D eigenvalue weighted by atomic mass is 16.5. The molecule has 0 amide bonds. The van der Waals surface area contributed by atoms with Crippen LogP contribution < -0.4 is 5.32 Å². The van der Waals surface area contributed by atoms with Crippen molar-refractivity contribution in [2.75, 3.05) is 13.2 Å². The molecule has 0 saturated heterocycles. The summed E-state index contributed by atoms with van der Waals surface area (Å²) in [5, 5.41) is 3.42. The molecular formula is C18H21NO3. The van der Waals surface area contributed by atoms with Crippen molar-refractivity contribution in [1.29, 1.82) is 0 Å². The first-order valence-electron chi connectivity index (χ1n) is 7.52. The molecule has 1 aromatic rings. The van der Waals surface area contributed by atoms with Crippen LogP contribution in [-0.4, -0.2) is 25.3 Å². The van der Waals surface area contributed by atoms with Crippen LogP contribution >= 0.6 is 0 Å². The lowest BCUT2D eigenvalue weighted by Gasteiger charge is -2.23. The molecule has 0 bridgehead atoms. The van der Waals surface area contributed by atoms with Crippen LogP contribution in [0.2, 0.25) is 0 Å². The summed E-state index contributed by atoms with van der Waals surface area (Å²) in [6, 6.07) is 9.99. The minimum Gasteiger partial charge on any atom is -0.379 e. The Morgan fingerprint density at radius 1 is 1.23 bits per heavy atom. The van der Waals surface area contributed by atoms with Crippen LogP contribution in [0.5, 0.6) is 0 Å². The summed E-state index contributed by atoms with van der Waals surface area (Å²) in [5.41, 5.74) is 2.08. The van der Waals surface area contributed by atoms with Crippen LogP contribution in [0.3, 0.4) is 0 Å². The second kappa shape index (κ2) is 8.95. The van der Waals surface area contributed by atoms with E-state index in [4.69, 9.17) is 4.74 Å². The zero-order chi connectivity index (χ0) is 15.6. The first-order chi connectivity index (χ1) is 10.8. The summed E-state index contributed by atoms with van der Waals surface area (Å²) >= 11 is 0. The molecule has 0 fully saturated rings. The third kappa shape index (κ3) is 5.30. The maximum atomic E-state index is 11.5. The van der Waals surface area contributed by atoms with Gasteiger partial charge in [0, 0.05) is 18.2 Å². The number of ketones is 1. The van der Waals surface area contributed by atoms with Gasteiger partial charge in [-0.15, -0.1) is 0 Å². The highest BCUT2D eigenvalue weighted by Gasteiger charge is 2.16. The van der Waals surface area contributed by atoms with Crippen molar-refractivity contribution in [3.63, 3.8) is 0 Å². The molecule has 0 radical (unpaired) electrons. The largest absolute Gasteiger partial charge is 0.379 e. The van der Waals surface area contributed by atoms with Gasteiger partial charge in [0.15, 0.2) is 5.78 Å². The standard InChI is InChI=1S/C18H21NO3/c20-11-4-5-12-22-14-18(15-7-2-1-3-8-15)19-16-9-6-10-17(21)13-16/h1-5,7-8,11,13,18-19H,6,9-10,12,14H2/b5-4+/t18-/m0/s1. The van der Waals surface area contributed by atoms with Crippen molar-refractivity contribution in [1.82, 2.24) is 5.32 Å². The number of nitrogens with one attached hydrogen (secondary N) is 1. The van der Waals surface area contributed by atoms with Crippen molar-refractivity contribution < 1.29 is 14.3 Å². The van der Waals surface area contributed by atoms with Crippen molar-refractivity contribution in [3.8, 4) is 0 Å². The first kappa shape index (κ1) is 16.2. The Kier molecular flexibility index (Phi) is 6.58. The second-order valence-corrected chi connectivity index (χ2v) is 5.20. The SMILES string of the molecule is O=C/C=C/COC[C@H](NC1=CC(=O)CCC1)c1ccccc1. The maximum absolute atomic E-state index is 11.5. The van der Waals surface area contributed by atoms with Gasteiger partial charge in [0.25, 0.3) is 0 Å². The van der Waals surface area contributed by atoms with Gasteiger partial charge in [0.05, 0.1) is 19.3 Å². The Morgan fingerprint density at radius 3 is 2.77 bits per heavy atom. The fraction of sp³-hybridized carbons (Fsp3) is 0.333. The van der Waals surface area contributed by atoms with Gasteiger partial charge in [-0.1, -0.05) is 36.4 Å². The fourth-order valence-electron chi connectivity index (χ4n) is 2.40. The second-order valence-electron chi connectivity index (χ2n) is 5.20. The normalized spacial score (nSPS) is 16.4. The molecule has 1 aliphatic rings. The average Bonchev–Trinajstić information content (AvgIpc) is 2.54. The van der Waals surface area contributed by atoms with Crippen LogP contribution in [0, 0.1) is 0 Å². The number of allylic oxidation sites excluding steroid dienone is 3. The summed E-state index contributed by atoms with van der Waals surface area (Å²) in [7, 11) is 0. The van der Waals surface area contributed by atoms with Gasteiger partial charge in [-0.2, -0.15) is 0 Å². The average molecular weight is 299 g/mol. The van der Waals surface area contributed by atoms with E-state index in [1.807, 2.05) is 30.3 Å². The Balaban J connectivity index is 2.00. The van der Waals surface area contributed by atoms with Crippen LogP contribution in [0.1, 0.15) is 30.9 Å². The predicted molar refractivity (Wildman–Crippen MR) is 85.3 cm³/mol. The maximum Gasteiger partial charge on any atom is 0.157 e. The summed E-state index contributed by atoms with van der Waals surface area (Å²) in [6.07, 6.45) is 7.95. The van der Waals surface area contributed by atoms with E-state index in [0.717, 1.165) is 30.4 Å². The Morgan fingerprint density at radius 2 is 2.05 bits per heavy atom. The summed E-state index contributed by atoms with van der Waals surface area (Å²) in [4.78, 5) is 21.8. The van der Waals surface area contributed by atoms with E-state index in [0.29, 0.717) is 19.6 Å². The number of ether oxygens (including phenoxy) is 1. The molecule has 0 heterocycles. The molecule has 0 saturated carbocycles. The van der Waals surface area contributed by atoms with Gasteiger partial charge >= 0.3 is 0 Å². The molecule has 0 aromatic heterocycles. The molecule has 22 heavy (non-hydrogen) atoms. The molecule has 0 spiro atoms. The number of carbonyl (C=O) groups is 2. The molecule has 1 N–H and O–H groups in total. The Bertz CT molecular complexity index is 549. The number of hydrogen-bond acceptors (Lipinski definition) is 4. The van der Waals surface area contributed by atoms with Crippen LogP contribution in [0.25, 0.3) is 0 Å². The third-order valence-corrected chi connectivity index (χ3v) is 3.48. The van der Waals surface area contributed by atoms with Gasteiger partial charge in [-0.3, -0.25) is 9.59 Å².